The van der Waals surface area contributed by atoms with Crippen molar-refractivity contribution in [2.45, 2.75) is 64.8 Å². The number of hydrogen-bond donors (Lipinski definition) is 1. The Kier molecular flexibility index (Phi) is 6.26. The summed E-state index contributed by atoms with van der Waals surface area (Å²) in [5.74, 6) is 0. The minimum atomic E-state index is -0.638. The van der Waals surface area contributed by atoms with E-state index < -0.39 is 11.7 Å². The maximum absolute atomic E-state index is 12.1. The zero-order chi connectivity index (χ0) is 17.1. The predicted octanol–water partition coefficient (Wildman–Crippen LogP) is 2.06. The first-order valence-corrected chi connectivity index (χ1v) is 7.86. The lowest BCUT2D eigenvalue weighted by atomic mass is 10.0. The van der Waals surface area contributed by atoms with Crippen molar-refractivity contribution >= 4 is 6.09 Å². The molecule has 1 aliphatic rings. The van der Waals surface area contributed by atoms with Gasteiger partial charge in [0.25, 0.3) is 0 Å². The SMILES string of the molecule is C=CN(C1CCN(C(=O)OC(C)(C)C)CC1O)N(C)C(C)C. The number of aliphatic hydroxyl groups is 1. The molecule has 0 aromatic carbocycles. The van der Waals surface area contributed by atoms with E-state index in [4.69, 9.17) is 4.74 Å². The number of hydrazine groups is 1. The van der Waals surface area contributed by atoms with Gasteiger partial charge in [-0.25, -0.2) is 9.80 Å². The second kappa shape index (κ2) is 7.33. The molecule has 6 nitrogen and oxygen atoms in total. The Morgan fingerprint density at radius 1 is 1.45 bits per heavy atom. The standard InChI is InChI=1S/C16H31N3O3/c1-8-19(17(7)12(2)3)13-9-10-18(11-14(13)20)15(21)22-16(4,5)6/h8,12-14,20H,1,9-11H2,2-7H3. The summed E-state index contributed by atoms with van der Waals surface area (Å²) in [6.45, 7) is 14.4. The Morgan fingerprint density at radius 3 is 2.45 bits per heavy atom. The molecule has 22 heavy (non-hydrogen) atoms. The van der Waals surface area contributed by atoms with Crippen LogP contribution in [0.15, 0.2) is 12.8 Å². The van der Waals surface area contributed by atoms with E-state index in [0.29, 0.717) is 19.0 Å². The molecule has 2 unspecified atom stereocenters. The van der Waals surface area contributed by atoms with Crippen LogP contribution in [0.2, 0.25) is 0 Å². The van der Waals surface area contributed by atoms with Crippen LogP contribution >= 0.6 is 0 Å². The van der Waals surface area contributed by atoms with Crippen LogP contribution in [0.3, 0.4) is 0 Å². The van der Waals surface area contributed by atoms with E-state index in [0.717, 1.165) is 0 Å². The minimum Gasteiger partial charge on any atom is -0.444 e. The second-order valence-electron chi connectivity index (χ2n) is 7.08. The van der Waals surface area contributed by atoms with Crippen LogP contribution in [0.5, 0.6) is 0 Å². The average molecular weight is 313 g/mol. The van der Waals surface area contributed by atoms with Gasteiger partial charge in [0, 0.05) is 25.8 Å². The van der Waals surface area contributed by atoms with Gasteiger partial charge in [0.1, 0.15) is 5.60 Å². The summed E-state index contributed by atoms with van der Waals surface area (Å²) in [7, 11) is 1.97. The quantitative estimate of drug-likeness (QED) is 0.805. The van der Waals surface area contributed by atoms with E-state index in [2.05, 4.69) is 20.4 Å². The number of piperidine rings is 1. The van der Waals surface area contributed by atoms with Gasteiger partial charge in [0.2, 0.25) is 0 Å². The largest absolute Gasteiger partial charge is 0.444 e. The number of carbonyl (C=O) groups is 1. The van der Waals surface area contributed by atoms with Crippen molar-refractivity contribution < 1.29 is 14.6 Å². The van der Waals surface area contributed by atoms with Gasteiger partial charge in [0.05, 0.1) is 18.7 Å². The van der Waals surface area contributed by atoms with E-state index in [-0.39, 0.29) is 18.7 Å². The van der Waals surface area contributed by atoms with Crippen molar-refractivity contribution in [1.29, 1.82) is 0 Å². The number of hydrogen-bond acceptors (Lipinski definition) is 5. The first-order chi connectivity index (χ1) is 10.1. The highest BCUT2D eigenvalue weighted by molar-refractivity contribution is 5.68. The Balaban J connectivity index is 2.69. The predicted molar refractivity (Wildman–Crippen MR) is 87.2 cm³/mol. The molecule has 1 heterocycles. The molecule has 0 aromatic rings. The molecule has 0 bridgehead atoms. The third kappa shape index (κ3) is 4.88. The van der Waals surface area contributed by atoms with E-state index in [1.165, 1.54) is 0 Å². The van der Waals surface area contributed by atoms with Crippen LogP contribution in [0.4, 0.5) is 4.79 Å². The maximum atomic E-state index is 12.1. The van der Waals surface area contributed by atoms with E-state index in [1.54, 1.807) is 11.1 Å². The highest BCUT2D eigenvalue weighted by Crippen LogP contribution is 2.21. The highest BCUT2D eigenvalue weighted by atomic mass is 16.6. The number of likely N-dealkylation sites (tertiary alicyclic amines) is 1. The molecule has 0 aliphatic carbocycles. The molecule has 0 aromatic heterocycles. The lowest BCUT2D eigenvalue weighted by molar-refractivity contribution is -0.0888. The van der Waals surface area contributed by atoms with Crippen molar-refractivity contribution in [3.8, 4) is 0 Å². The third-order valence-corrected chi connectivity index (χ3v) is 3.84. The van der Waals surface area contributed by atoms with Gasteiger partial charge < -0.3 is 19.8 Å². The summed E-state index contributed by atoms with van der Waals surface area (Å²) in [5, 5.41) is 14.5. The molecule has 2 atom stereocenters. The summed E-state index contributed by atoms with van der Waals surface area (Å²) in [4.78, 5) is 13.7. The maximum Gasteiger partial charge on any atom is 0.410 e. The number of rotatable bonds is 4. The van der Waals surface area contributed by atoms with Crippen molar-refractivity contribution in [3.63, 3.8) is 0 Å². The summed E-state index contributed by atoms with van der Waals surface area (Å²) in [5.41, 5.74) is -0.524. The van der Waals surface area contributed by atoms with Crippen molar-refractivity contribution in [1.82, 2.24) is 14.9 Å². The topological polar surface area (TPSA) is 56.3 Å². The van der Waals surface area contributed by atoms with Crippen molar-refractivity contribution in [2.75, 3.05) is 20.1 Å². The van der Waals surface area contributed by atoms with Crippen LogP contribution in [0.1, 0.15) is 41.0 Å². The molecule has 6 heteroatoms. The van der Waals surface area contributed by atoms with E-state index in [1.807, 2.05) is 37.8 Å². The molecule has 1 aliphatic heterocycles. The lowest BCUT2D eigenvalue weighted by Gasteiger charge is -2.45. The van der Waals surface area contributed by atoms with Gasteiger partial charge in [0.15, 0.2) is 0 Å². The van der Waals surface area contributed by atoms with Crippen LogP contribution in [0.25, 0.3) is 0 Å². The van der Waals surface area contributed by atoms with E-state index in [9.17, 15) is 9.90 Å². The van der Waals surface area contributed by atoms with Crippen molar-refractivity contribution in [2.24, 2.45) is 0 Å². The lowest BCUT2D eigenvalue weighted by Crippen LogP contribution is -2.58. The molecular formula is C16H31N3O3. The molecule has 1 saturated heterocycles. The van der Waals surface area contributed by atoms with Crippen LogP contribution < -0.4 is 0 Å². The van der Waals surface area contributed by atoms with Crippen molar-refractivity contribution in [3.05, 3.63) is 12.8 Å². The Labute approximate surface area is 134 Å². The Hall–Kier alpha value is -1.27. The first-order valence-electron chi connectivity index (χ1n) is 7.86. The van der Waals surface area contributed by atoms with Gasteiger partial charge in [-0.1, -0.05) is 6.58 Å². The summed E-state index contributed by atoms with van der Waals surface area (Å²) >= 11 is 0. The summed E-state index contributed by atoms with van der Waals surface area (Å²) in [6.07, 6.45) is 1.40. The van der Waals surface area contributed by atoms with Gasteiger partial charge in [-0.05, 0) is 41.0 Å². The second-order valence-corrected chi connectivity index (χ2v) is 7.08. The number of aliphatic hydroxyl groups excluding tert-OH is 1. The zero-order valence-electron chi connectivity index (χ0n) is 14.7. The molecule has 0 radical (unpaired) electrons. The van der Waals surface area contributed by atoms with Crippen LogP contribution in [-0.4, -0.2) is 70.0 Å². The smallest absolute Gasteiger partial charge is 0.410 e. The molecule has 0 spiro atoms. The molecule has 1 amide bonds. The molecule has 1 rings (SSSR count). The Morgan fingerprint density at radius 2 is 2.05 bits per heavy atom. The number of carbonyl (C=O) groups excluding carboxylic acids is 1. The van der Waals surface area contributed by atoms with Gasteiger partial charge in [-0.15, -0.1) is 0 Å². The number of nitrogens with zero attached hydrogens (tertiary/aromatic N) is 3. The summed E-state index contributed by atoms with van der Waals surface area (Å²) < 4.78 is 5.36. The summed E-state index contributed by atoms with van der Waals surface area (Å²) in [6, 6.07) is 0.220. The normalized spacial score (nSPS) is 22.9. The van der Waals surface area contributed by atoms with Crippen LogP contribution in [0, 0.1) is 0 Å². The molecular weight excluding hydrogens is 282 g/mol. The molecule has 128 valence electrons. The molecule has 1 fully saturated rings. The number of β-amino-alcohol motifs (C(OH)–C–C–N with tert-alkyl or cyclic N) is 1. The fraction of sp³-hybridized carbons (Fsp3) is 0.812. The first kappa shape index (κ1) is 18.8. The number of ether oxygens (including phenoxy) is 1. The van der Waals surface area contributed by atoms with Gasteiger partial charge in [-0.2, -0.15) is 0 Å². The molecule has 0 saturated carbocycles. The fourth-order valence-corrected chi connectivity index (χ4v) is 2.48. The van der Waals surface area contributed by atoms with Gasteiger partial charge >= 0.3 is 6.09 Å². The van der Waals surface area contributed by atoms with E-state index >= 15 is 0 Å². The molecule has 1 N–H and O–H groups in total. The highest BCUT2D eigenvalue weighted by Gasteiger charge is 2.36. The van der Waals surface area contributed by atoms with Gasteiger partial charge in [-0.3, -0.25) is 0 Å². The average Bonchev–Trinajstić information content (AvgIpc) is 2.38. The monoisotopic (exact) mass is 313 g/mol. The Bertz CT molecular complexity index is 393. The number of amides is 1. The zero-order valence-corrected chi connectivity index (χ0v) is 14.7. The third-order valence-electron chi connectivity index (χ3n) is 3.84. The fourth-order valence-electron chi connectivity index (χ4n) is 2.48. The minimum absolute atomic E-state index is 0.0800. The van der Waals surface area contributed by atoms with Crippen LogP contribution in [-0.2, 0) is 4.74 Å².